The maximum Gasteiger partial charge on any atom is 0.138 e. The number of imidazole rings is 1. The summed E-state index contributed by atoms with van der Waals surface area (Å²) in [6.07, 6.45) is 1.94. The van der Waals surface area contributed by atoms with Gasteiger partial charge in [0.05, 0.1) is 11.4 Å². The number of aromatic nitrogens is 2. The maximum atomic E-state index is 5.95. The summed E-state index contributed by atoms with van der Waals surface area (Å²) in [5, 5.41) is 0. The van der Waals surface area contributed by atoms with Crippen molar-refractivity contribution in [2.24, 2.45) is 0 Å². The highest BCUT2D eigenvalue weighted by atomic mass is 15.0. The number of fused-ring (bicyclic) bond motifs is 1. The van der Waals surface area contributed by atoms with E-state index in [4.69, 9.17) is 10.7 Å². The number of nitrogens with two attached hydrogens (primary N) is 1. The molecule has 18 heavy (non-hydrogen) atoms. The normalized spacial score (nSPS) is 11.0. The average Bonchev–Trinajstić information content (AvgIpc) is 2.69. The second-order valence-corrected chi connectivity index (χ2v) is 4.55. The minimum Gasteiger partial charge on any atom is -0.397 e. The lowest BCUT2D eigenvalue weighted by atomic mass is 10.1. The molecule has 0 unspecified atom stereocenters. The Labute approximate surface area is 106 Å². The predicted molar refractivity (Wildman–Crippen MR) is 74.5 cm³/mol. The molecule has 0 amide bonds. The lowest BCUT2D eigenvalue weighted by Gasteiger charge is -2.02. The standard InChI is InChI=1S/C15H15N3/c1-10-8-14-17-15(12-6-4-3-5-7-12)11(2)18(14)9-13(10)16/h3-9H,16H2,1-2H3. The summed E-state index contributed by atoms with van der Waals surface area (Å²) in [5.41, 5.74) is 12.0. The molecule has 0 aliphatic rings. The zero-order valence-electron chi connectivity index (χ0n) is 10.5. The van der Waals surface area contributed by atoms with Crippen molar-refractivity contribution in [3.63, 3.8) is 0 Å². The van der Waals surface area contributed by atoms with Crippen LogP contribution < -0.4 is 5.73 Å². The second kappa shape index (κ2) is 3.88. The summed E-state index contributed by atoms with van der Waals surface area (Å²) in [6, 6.07) is 12.2. The van der Waals surface area contributed by atoms with E-state index in [1.807, 2.05) is 41.8 Å². The summed E-state index contributed by atoms with van der Waals surface area (Å²) in [5.74, 6) is 0. The third kappa shape index (κ3) is 1.56. The third-order valence-electron chi connectivity index (χ3n) is 3.29. The highest BCUT2D eigenvalue weighted by molar-refractivity contribution is 5.68. The van der Waals surface area contributed by atoms with Gasteiger partial charge in [0.15, 0.2) is 0 Å². The third-order valence-corrected chi connectivity index (χ3v) is 3.29. The molecule has 0 bridgehead atoms. The van der Waals surface area contributed by atoms with Crippen LogP contribution in [0.1, 0.15) is 11.3 Å². The topological polar surface area (TPSA) is 43.3 Å². The quantitative estimate of drug-likeness (QED) is 0.706. The Hall–Kier alpha value is -2.29. The number of rotatable bonds is 1. The molecule has 1 aromatic carbocycles. The van der Waals surface area contributed by atoms with Crippen molar-refractivity contribution >= 4 is 11.3 Å². The zero-order chi connectivity index (χ0) is 12.7. The van der Waals surface area contributed by atoms with Crippen molar-refractivity contribution < 1.29 is 0 Å². The summed E-state index contributed by atoms with van der Waals surface area (Å²) >= 11 is 0. The molecule has 3 nitrogen and oxygen atoms in total. The first kappa shape index (κ1) is 10.8. The van der Waals surface area contributed by atoms with Crippen LogP contribution in [0.25, 0.3) is 16.9 Å². The number of pyridine rings is 1. The van der Waals surface area contributed by atoms with Gasteiger partial charge in [-0.2, -0.15) is 0 Å². The largest absolute Gasteiger partial charge is 0.397 e. The first-order chi connectivity index (χ1) is 8.66. The zero-order valence-corrected chi connectivity index (χ0v) is 10.5. The fraction of sp³-hybridized carbons (Fsp3) is 0.133. The molecule has 0 saturated carbocycles. The van der Waals surface area contributed by atoms with Gasteiger partial charge in [-0.3, -0.25) is 0 Å². The molecule has 0 radical (unpaired) electrons. The number of nitrogens with zero attached hydrogens (tertiary/aromatic N) is 2. The first-order valence-electron chi connectivity index (χ1n) is 5.97. The average molecular weight is 237 g/mol. The number of hydrogen-bond acceptors (Lipinski definition) is 2. The van der Waals surface area contributed by atoms with E-state index in [9.17, 15) is 0 Å². The van der Waals surface area contributed by atoms with Crippen molar-refractivity contribution in [1.82, 2.24) is 9.38 Å². The van der Waals surface area contributed by atoms with Gasteiger partial charge < -0.3 is 10.1 Å². The molecule has 3 aromatic rings. The number of aryl methyl sites for hydroxylation is 2. The molecule has 2 heterocycles. The number of nitrogen functional groups attached to an aromatic ring is 1. The van der Waals surface area contributed by atoms with E-state index in [2.05, 4.69) is 19.1 Å². The van der Waals surface area contributed by atoms with Crippen LogP contribution in [-0.2, 0) is 0 Å². The van der Waals surface area contributed by atoms with Gasteiger partial charge in [-0.05, 0) is 25.5 Å². The van der Waals surface area contributed by atoms with Gasteiger partial charge in [-0.15, -0.1) is 0 Å². The summed E-state index contributed by atoms with van der Waals surface area (Å²) < 4.78 is 2.05. The molecular weight excluding hydrogens is 222 g/mol. The molecule has 2 N–H and O–H groups in total. The number of benzene rings is 1. The van der Waals surface area contributed by atoms with Crippen LogP contribution in [0.2, 0.25) is 0 Å². The summed E-state index contributed by atoms with van der Waals surface area (Å²) in [6.45, 7) is 4.07. The Kier molecular flexibility index (Phi) is 2.33. The van der Waals surface area contributed by atoms with Crippen LogP contribution in [0.3, 0.4) is 0 Å². The van der Waals surface area contributed by atoms with Crippen LogP contribution in [0.4, 0.5) is 5.69 Å². The Morgan fingerprint density at radius 3 is 2.56 bits per heavy atom. The van der Waals surface area contributed by atoms with Gasteiger partial charge in [0, 0.05) is 17.5 Å². The van der Waals surface area contributed by atoms with Crippen LogP contribution in [0, 0.1) is 13.8 Å². The Morgan fingerprint density at radius 2 is 1.83 bits per heavy atom. The Morgan fingerprint density at radius 1 is 1.11 bits per heavy atom. The Balaban J connectivity index is 2.30. The smallest absolute Gasteiger partial charge is 0.138 e. The summed E-state index contributed by atoms with van der Waals surface area (Å²) in [7, 11) is 0. The number of hydrogen-bond donors (Lipinski definition) is 1. The van der Waals surface area contributed by atoms with Crippen molar-refractivity contribution in [2.75, 3.05) is 5.73 Å². The van der Waals surface area contributed by atoms with Gasteiger partial charge in [-0.1, -0.05) is 30.3 Å². The molecule has 0 fully saturated rings. The molecule has 0 aliphatic heterocycles. The van der Waals surface area contributed by atoms with Crippen LogP contribution in [0.15, 0.2) is 42.6 Å². The van der Waals surface area contributed by atoms with Crippen LogP contribution >= 0.6 is 0 Å². The molecule has 3 heteroatoms. The Bertz CT molecular complexity index is 711. The molecule has 2 aromatic heterocycles. The second-order valence-electron chi connectivity index (χ2n) is 4.55. The SMILES string of the molecule is Cc1cc2nc(-c3ccccc3)c(C)n2cc1N. The molecule has 0 atom stereocenters. The van der Waals surface area contributed by atoms with Gasteiger partial charge >= 0.3 is 0 Å². The van der Waals surface area contributed by atoms with Crippen LogP contribution in [0.5, 0.6) is 0 Å². The van der Waals surface area contributed by atoms with Crippen LogP contribution in [-0.4, -0.2) is 9.38 Å². The highest BCUT2D eigenvalue weighted by Gasteiger charge is 2.10. The lowest BCUT2D eigenvalue weighted by molar-refractivity contribution is 1.11. The molecule has 0 spiro atoms. The molecule has 90 valence electrons. The molecular formula is C15H15N3. The first-order valence-corrected chi connectivity index (χ1v) is 5.97. The van der Waals surface area contributed by atoms with Crippen molar-refractivity contribution in [2.45, 2.75) is 13.8 Å². The van der Waals surface area contributed by atoms with Crippen molar-refractivity contribution in [1.29, 1.82) is 0 Å². The molecule has 3 rings (SSSR count). The predicted octanol–water partition coefficient (Wildman–Crippen LogP) is 3.20. The van der Waals surface area contributed by atoms with Crippen molar-refractivity contribution in [3.8, 4) is 11.3 Å². The molecule has 0 aliphatic carbocycles. The van der Waals surface area contributed by atoms with E-state index in [-0.39, 0.29) is 0 Å². The monoisotopic (exact) mass is 237 g/mol. The van der Waals surface area contributed by atoms with E-state index >= 15 is 0 Å². The van der Waals surface area contributed by atoms with Gasteiger partial charge in [0.1, 0.15) is 5.65 Å². The minimum absolute atomic E-state index is 0.794. The van der Waals surface area contributed by atoms with Gasteiger partial charge in [0.2, 0.25) is 0 Å². The van der Waals surface area contributed by atoms with Gasteiger partial charge in [-0.25, -0.2) is 4.98 Å². The van der Waals surface area contributed by atoms with E-state index in [0.29, 0.717) is 0 Å². The van der Waals surface area contributed by atoms with Gasteiger partial charge in [0.25, 0.3) is 0 Å². The summed E-state index contributed by atoms with van der Waals surface area (Å²) in [4.78, 5) is 4.69. The fourth-order valence-corrected chi connectivity index (χ4v) is 2.19. The van der Waals surface area contributed by atoms with E-state index < -0.39 is 0 Å². The lowest BCUT2D eigenvalue weighted by Crippen LogP contribution is -1.95. The molecule has 0 saturated heterocycles. The fourth-order valence-electron chi connectivity index (χ4n) is 2.19. The van der Waals surface area contributed by atoms with E-state index in [0.717, 1.165) is 33.8 Å². The highest BCUT2D eigenvalue weighted by Crippen LogP contribution is 2.25. The van der Waals surface area contributed by atoms with E-state index in [1.54, 1.807) is 0 Å². The van der Waals surface area contributed by atoms with E-state index in [1.165, 1.54) is 0 Å². The van der Waals surface area contributed by atoms with Crippen molar-refractivity contribution in [3.05, 3.63) is 53.9 Å². The minimum atomic E-state index is 0.794. The maximum absolute atomic E-state index is 5.95. The number of anilines is 1.